The van der Waals surface area contributed by atoms with Crippen molar-refractivity contribution >= 4 is 11.8 Å². The Bertz CT molecular complexity index is 310. The first kappa shape index (κ1) is 18.4. The zero-order valence-corrected chi connectivity index (χ0v) is 13.0. The van der Waals surface area contributed by atoms with Crippen LogP contribution < -0.4 is 0 Å². The van der Waals surface area contributed by atoms with Gasteiger partial charge in [-0.2, -0.15) is 0 Å². The van der Waals surface area contributed by atoms with Gasteiger partial charge < -0.3 is 14.7 Å². The molecule has 0 radical (unpaired) electrons. The Labute approximate surface area is 122 Å². The molecule has 0 unspecified atom stereocenters. The van der Waals surface area contributed by atoms with Crippen LogP contribution in [0.15, 0.2) is 25.3 Å². The van der Waals surface area contributed by atoms with Crippen LogP contribution in [-0.4, -0.2) is 73.8 Å². The first-order valence-corrected chi connectivity index (χ1v) is 6.86. The Morgan fingerprint density at radius 1 is 0.800 bits per heavy atom. The fourth-order valence-electron chi connectivity index (χ4n) is 1.80. The third kappa shape index (κ3) is 7.74. The summed E-state index contributed by atoms with van der Waals surface area (Å²) < 4.78 is 0. The van der Waals surface area contributed by atoms with Gasteiger partial charge in [-0.15, -0.1) is 0 Å². The fourth-order valence-corrected chi connectivity index (χ4v) is 1.80. The van der Waals surface area contributed by atoms with Gasteiger partial charge in [0.15, 0.2) is 0 Å². The lowest BCUT2D eigenvalue weighted by molar-refractivity contribution is -0.125. The average Bonchev–Trinajstić information content (AvgIpc) is 2.44. The van der Waals surface area contributed by atoms with Crippen molar-refractivity contribution in [1.82, 2.24) is 14.7 Å². The van der Waals surface area contributed by atoms with E-state index in [1.807, 2.05) is 7.05 Å². The van der Waals surface area contributed by atoms with Gasteiger partial charge in [0.2, 0.25) is 11.8 Å². The molecular weight excluding hydrogens is 254 g/mol. The van der Waals surface area contributed by atoms with Gasteiger partial charge >= 0.3 is 0 Å². The van der Waals surface area contributed by atoms with E-state index in [-0.39, 0.29) is 11.8 Å². The van der Waals surface area contributed by atoms with E-state index in [2.05, 4.69) is 18.1 Å². The minimum atomic E-state index is -0.0442. The highest BCUT2D eigenvalue weighted by molar-refractivity contribution is 5.87. The molecule has 0 atom stereocenters. The zero-order chi connectivity index (χ0) is 15.5. The molecule has 0 saturated carbocycles. The van der Waals surface area contributed by atoms with E-state index < -0.39 is 0 Å². The molecule has 0 aliphatic rings. The van der Waals surface area contributed by atoms with Crippen LogP contribution in [0.1, 0.15) is 12.8 Å². The summed E-state index contributed by atoms with van der Waals surface area (Å²) in [6.45, 7) is 10.2. The van der Waals surface area contributed by atoms with Crippen molar-refractivity contribution in [1.29, 1.82) is 0 Å². The summed E-state index contributed by atoms with van der Waals surface area (Å²) in [5.74, 6) is -0.0885. The van der Waals surface area contributed by atoms with E-state index in [1.165, 1.54) is 12.2 Å². The Balaban J connectivity index is 3.71. The molecule has 0 bridgehead atoms. The number of hydrogen-bond acceptors (Lipinski definition) is 3. The van der Waals surface area contributed by atoms with E-state index in [0.29, 0.717) is 0 Å². The second-order valence-corrected chi connectivity index (χ2v) is 4.94. The lowest BCUT2D eigenvalue weighted by Gasteiger charge is -2.21. The van der Waals surface area contributed by atoms with Crippen molar-refractivity contribution in [3.63, 3.8) is 0 Å². The van der Waals surface area contributed by atoms with Gasteiger partial charge in [0.1, 0.15) is 0 Å². The molecule has 2 amide bonds. The number of likely N-dealkylation sites (N-methyl/N-ethyl adjacent to an activating group) is 2. The van der Waals surface area contributed by atoms with Gasteiger partial charge in [0.05, 0.1) is 0 Å². The summed E-state index contributed by atoms with van der Waals surface area (Å²) in [5, 5.41) is 0. The quantitative estimate of drug-likeness (QED) is 0.561. The van der Waals surface area contributed by atoms with Gasteiger partial charge in [-0.05, 0) is 45.1 Å². The van der Waals surface area contributed by atoms with Gasteiger partial charge in [-0.3, -0.25) is 9.59 Å². The molecule has 0 aromatic rings. The second-order valence-electron chi connectivity index (χ2n) is 4.94. The Hall–Kier alpha value is -1.62. The number of rotatable bonds is 10. The van der Waals surface area contributed by atoms with Crippen molar-refractivity contribution in [3.8, 4) is 0 Å². The van der Waals surface area contributed by atoms with E-state index >= 15 is 0 Å². The maximum atomic E-state index is 11.3. The summed E-state index contributed by atoms with van der Waals surface area (Å²) >= 11 is 0. The van der Waals surface area contributed by atoms with Gasteiger partial charge in [-0.25, -0.2) is 0 Å². The molecule has 5 heteroatoms. The van der Waals surface area contributed by atoms with Crippen molar-refractivity contribution in [2.24, 2.45) is 0 Å². The molecule has 0 N–H and O–H groups in total. The van der Waals surface area contributed by atoms with E-state index in [1.54, 1.807) is 23.9 Å². The standard InChI is InChI=1S/C15H27N3O2/c1-6-14(19)17(4)12-8-10-16(3)11-9-13-18(5)15(20)7-2/h6-7H,1-2,8-13H2,3-5H3. The highest BCUT2D eigenvalue weighted by atomic mass is 16.2. The minimum absolute atomic E-state index is 0.0442. The number of nitrogens with zero attached hydrogens (tertiary/aromatic N) is 3. The Morgan fingerprint density at radius 2 is 1.15 bits per heavy atom. The Morgan fingerprint density at radius 3 is 1.45 bits per heavy atom. The molecule has 0 heterocycles. The fraction of sp³-hybridized carbons (Fsp3) is 0.600. The number of carbonyl (C=O) groups excluding carboxylic acids is 2. The van der Waals surface area contributed by atoms with Crippen molar-refractivity contribution in [3.05, 3.63) is 25.3 Å². The van der Waals surface area contributed by atoms with Gasteiger partial charge in [0.25, 0.3) is 0 Å². The molecule has 0 spiro atoms. The number of amides is 2. The summed E-state index contributed by atoms with van der Waals surface area (Å²) in [7, 11) is 5.60. The molecule has 0 aromatic heterocycles. The second kappa shape index (κ2) is 10.2. The van der Waals surface area contributed by atoms with Crippen molar-refractivity contribution in [2.45, 2.75) is 12.8 Å². The van der Waals surface area contributed by atoms with Crippen LogP contribution >= 0.6 is 0 Å². The molecule has 0 fully saturated rings. The molecule has 0 aromatic carbocycles. The molecule has 0 aliphatic heterocycles. The van der Waals surface area contributed by atoms with E-state index in [9.17, 15) is 9.59 Å². The first-order valence-electron chi connectivity index (χ1n) is 6.86. The molecule has 0 saturated heterocycles. The van der Waals surface area contributed by atoms with Crippen molar-refractivity contribution < 1.29 is 9.59 Å². The molecule has 5 nitrogen and oxygen atoms in total. The van der Waals surface area contributed by atoms with Gasteiger partial charge in [0, 0.05) is 27.2 Å². The third-order valence-electron chi connectivity index (χ3n) is 3.17. The van der Waals surface area contributed by atoms with Crippen LogP contribution in [-0.2, 0) is 9.59 Å². The maximum absolute atomic E-state index is 11.3. The van der Waals surface area contributed by atoms with Crippen LogP contribution in [0.25, 0.3) is 0 Å². The minimum Gasteiger partial charge on any atom is -0.342 e. The monoisotopic (exact) mass is 281 g/mol. The average molecular weight is 281 g/mol. The summed E-state index contributed by atoms with van der Waals surface area (Å²) in [4.78, 5) is 28.1. The maximum Gasteiger partial charge on any atom is 0.245 e. The first-order chi connectivity index (χ1) is 9.42. The lowest BCUT2D eigenvalue weighted by atomic mass is 10.3. The van der Waals surface area contributed by atoms with Crippen LogP contribution in [0.4, 0.5) is 0 Å². The third-order valence-corrected chi connectivity index (χ3v) is 3.17. The zero-order valence-electron chi connectivity index (χ0n) is 13.0. The van der Waals surface area contributed by atoms with Crippen LogP contribution in [0.2, 0.25) is 0 Å². The van der Waals surface area contributed by atoms with E-state index in [0.717, 1.165) is 39.0 Å². The largest absolute Gasteiger partial charge is 0.342 e. The molecule has 114 valence electrons. The summed E-state index contributed by atoms with van der Waals surface area (Å²) in [5.41, 5.74) is 0. The summed E-state index contributed by atoms with van der Waals surface area (Å²) in [6, 6.07) is 0. The molecule has 20 heavy (non-hydrogen) atoms. The summed E-state index contributed by atoms with van der Waals surface area (Å²) in [6.07, 6.45) is 4.51. The lowest BCUT2D eigenvalue weighted by Crippen LogP contribution is -2.31. The molecule has 0 aliphatic carbocycles. The predicted molar refractivity (Wildman–Crippen MR) is 82.4 cm³/mol. The number of hydrogen-bond donors (Lipinski definition) is 0. The smallest absolute Gasteiger partial charge is 0.245 e. The van der Waals surface area contributed by atoms with Gasteiger partial charge in [-0.1, -0.05) is 13.2 Å². The molecule has 0 rings (SSSR count). The SMILES string of the molecule is C=CC(=O)N(C)CCCN(C)CCCN(C)C(=O)C=C. The normalized spacial score (nSPS) is 10.2. The predicted octanol–water partition coefficient (Wildman–Crippen LogP) is 0.987. The van der Waals surface area contributed by atoms with Crippen molar-refractivity contribution in [2.75, 3.05) is 47.3 Å². The highest BCUT2D eigenvalue weighted by Crippen LogP contribution is 1.96. The number of carbonyl (C=O) groups is 2. The van der Waals surface area contributed by atoms with Crippen LogP contribution in [0.5, 0.6) is 0 Å². The van der Waals surface area contributed by atoms with E-state index in [4.69, 9.17) is 0 Å². The Kier molecular flexibility index (Phi) is 9.38. The highest BCUT2D eigenvalue weighted by Gasteiger charge is 2.06. The van der Waals surface area contributed by atoms with Crippen LogP contribution in [0.3, 0.4) is 0 Å². The van der Waals surface area contributed by atoms with Crippen LogP contribution in [0, 0.1) is 0 Å². The molecular formula is C15H27N3O2. The topological polar surface area (TPSA) is 43.9 Å².